The Kier molecular flexibility index (Phi) is 5.28. The van der Waals surface area contributed by atoms with Crippen molar-refractivity contribution in [3.8, 4) is 6.07 Å². The van der Waals surface area contributed by atoms with E-state index in [1.165, 1.54) is 25.3 Å². The normalized spacial score (nSPS) is 11.2. The number of esters is 1. The lowest BCUT2D eigenvalue weighted by Gasteiger charge is -2.13. The zero-order valence-corrected chi connectivity index (χ0v) is 12.9. The van der Waals surface area contributed by atoms with Crippen molar-refractivity contribution in [2.75, 3.05) is 5.32 Å². The number of carbonyl (C=O) groups is 2. The number of hydrogen-bond acceptors (Lipinski definition) is 5. The molecule has 0 aliphatic rings. The SMILES string of the molecule is C[C@H](OC(=O)c1cc(Cl)ccn1)C(=O)Nc1ccccc1C#N. The Morgan fingerprint density at radius 3 is 2.78 bits per heavy atom. The van der Waals surface area contributed by atoms with Crippen LogP contribution in [0.25, 0.3) is 0 Å². The Hall–Kier alpha value is -2.91. The minimum atomic E-state index is -1.06. The maximum absolute atomic E-state index is 12.1. The third-order valence-corrected chi connectivity index (χ3v) is 3.12. The minimum absolute atomic E-state index is 0.00887. The van der Waals surface area contributed by atoms with Gasteiger partial charge in [0.05, 0.1) is 11.3 Å². The molecule has 0 bridgehead atoms. The van der Waals surface area contributed by atoms with Crippen LogP contribution in [0.15, 0.2) is 42.6 Å². The highest BCUT2D eigenvalue weighted by atomic mass is 35.5. The maximum Gasteiger partial charge on any atom is 0.357 e. The van der Waals surface area contributed by atoms with Crippen molar-refractivity contribution in [3.05, 3.63) is 58.9 Å². The number of nitrogens with one attached hydrogen (secondary N) is 1. The van der Waals surface area contributed by atoms with Crippen LogP contribution in [0.4, 0.5) is 5.69 Å². The lowest BCUT2D eigenvalue weighted by molar-refractivity contribution is -0.123. The fourth-order valence-electron chi connectivity index (χ4n) is 1.71. The van der Waals surface area contributed by atoms with Gasteiger partial charge in [0.25, 0.3) is 5.91 Å². The number of anilines is 1. The van der Waals surface area contributed by atoms with Crippen LogP contribution < -0.4 is 5.32 Å². The predicted octanol–water partition coefficient (Wildman–Crippen LogP) is 2.79. The molecule has 23 heavy (non-hydrogen) atoms. The van der Waals surface area contributed by atoms with E-state index in [1.54, 1.807) is 24.3 Å². The Labute approximate surface area is 137 Å². The van der Waals surface area contributed by atoms with Gasteiger partial charge in [0, 0.05) is 11.2 Å². The average molecular weight is 330 g/mol. The molecule has 2 aromatic rings. The molecule has 116 valence electrons. The fourth-order valence-corrected chi connectivity index (χ4v) is 1.87. The van der Waals surface area contributed by atoms with Crippen molar-refractivity contribution in [2.45, 2.75) is 13.0 Å². The van der Waals surface area contributed by atoms with Crippen molar-refractivity contribution in [2.24, 2.45) is 0 Å². The highest BCUT2D eigenvalue weighted by Crippen LogP contribution is 2.15. The van der Waals surface area contributed by atoms with Crippen molar-refractivity contribution in [1.82, 2.24) is 4.98 Å². The van der Waals surface area contributed by atoms with E-state index in [9.17, 15) is 9.59 Å². The van der Waals surface area contributed by atoms with Crippen LogP contribution in [-0.4, -0.2) is 23.0 Å². The van der Waals surface area contributed by atoms with Gasteiger partial charge in [-0.05, 0) is 31.2 Å². The molecule has 1 aromatic heterocycles. The summed E-state index contributed by atoms with van der Waals surface area (Å²) < 4.78 is 5.04. The van der Waals surface area contributed by atoms with E-state index in [2.05, 4.69) is 10.3 Å². The molecule has 0 saturated carbocycles. The molecule has 0 aliphatic heterocycles. The molecule has 0 unspecified atom stereocenters. The van der Waals surface area contributed by atoms with E-state index in [0.717, 1.165) is 0 Å². The highest BCUT2D eigenvalue weighted by Gasteiger charge is 2.20. The number of benzene rings is 1. The molecule has 0 radical (unpaired) electrons. The molecular formula is C16H12ClN3O3. The van der Waals surface area contributed by atoms with E-state index in [-0.39, 0.29) is 5.69 Å². The summed E-state index contributed by atoms with van der Waals surface area (Å²) in [6.07, 6.45) is 0.308. The number of para-hydroxylation sites is 1. The van der Waals surface area contributed by atoms with Crippen LogP contribution in [0.2, 0.25) is 5.02 Å². The summed E-state index contributed by atoms with van der Waals surface area (Å²) in [5, 5.41) is 11.9. The van der Waals surface area contributed by atoms with E-state index in [1.807, 2.05) is 6.07 Å². The van der Waals surface area contributed by atoms with Crippen molar-refractivity contribution < 1.29 is 14.3 Å². The first-order chi connectivity index (χ1) is 11.0. The smallest absolute Gasteiger partial charge is 0.357 e. The molecule has 1 amide bonds. The van der Waals surface area contributed by atoms with Crippen LogP contribution in [0.3, 0.4) is 0 Å². The van der Waals surface area contributed by atoms with Gasteiger partial charge in [-0.3, -0.25) is 4.79 Å². The monoisotopic (exact) mass is 329 g/mol. The minimum Gasteiger partial charge on any atom is -0.448 e. The molecule has 0 spiro atoms. The number of pyridine rings is 1. The molecule has 7 heteroatoms. The van der Waals surface area contributed by atoms with Crippen molar-refractivity contribution in [1.29, 1.82) is 5.26 Å². The number of halogens is 1. The summed E-state index contributed by atoms with van der Waals surface area (Å²) in [6, 6.07) is 11.4. The van der Waals surface area contributed by atoms with Gasteiger partial charge in [0.1, 0.15) is 11.8 Å². The van der Waals surface area contributed by atoms with Crippen molar-refractivity contribution in [3.63, 3.8) is 0 Å². The van der Waals surface area contributed by atoms with Crippen LogP contribution in [-0.2, 0) is 9.53 Å². The fraction of sp³-hybridized carbons (Fsp3) is 0.125. The lowest BCUT2D eigenvalue weighted by atomic mass is 10.2. The Bertz CT molecular complexity index is 786. The average Bonchev–Trinajstić information content (AvgIpc) is 2.55. The first-order valence-electron chi connectivity index (χ1n) is 6.64. The van der Waals surface area contributed by atoms with Crippen LogP contribution in [0.1, 0.15) is 23.0 Å². The van der Waals surface area contributed by atoms with Gasteiger partial charge in [0.15, 0.2) is 6.10 Å². The summed E-state index contributed by atoms with van der Waals surface area (Å²) in [7, 11) is 0. The molecule has 1 aromatic carbocycles. The first kappa shape index (κ1) is 16.5. The quantitative estimate of drug-likeness (QED) is 0.871. The van der Waals surface area contributed by atoms with Crippen LogP contribution in [0, 0.1) is 11.3 Å². The van der Waals surface area contributed by atoms with E-state index < -0.39 is 18.0 Å². The standard InChI is InChI=1S/C16H12ClN3O3/c1-10(23-16(22)14-8-12(17)6-7-19-14)15(21)20-13-5-3-2-4-11(13)9-18/h2-8,10H,1H3,(H,20,21)/t10-/m0/s1. The molecule has 0 fully saturated rings. The largest absolute Gasteiger partial charge is 0.448 e. The van der Waals surface area contributed by atoms with E-state index >= 15 is 0 Å². The van der Waals surface area contributed by atoms with Crippen LogP contribution >= 0.6 is 11.6 Å². The zero-order chi connectivity index (χ0) is 16.8. The number of aromatic nitrogens is 1. The number of hydrogen-bond donors (Lipinski definition) is 1. The van der Waals surface area contributed by atoms with Gasteiger partial charge >= 0.3 is 5.97 Å². The second-order valence-corrected chi connectivity index (χ2v) is 4.99. The number of carbonyl (C=O) groups excluding carboxylic acids is 2. The number of ether oxygens (including phenoxy) is 1. The van der Waals surface area contributed by atoms with E-state index in [4.69, 9.17) is 21.6 Å². The molecule has 0 aliphatic carbocycles. The third-order valence-electron chi connectivity index (χ3n) is 2.89. The molecule has 0 saturated heterocycles. The molecule has 1 heterocycles. The second kappa shape index (κ2) is 7.38. The van der Waals surface area contributed by atoms with Gasteiger partial charge in [-0.1, -0.05) is 23.7 Å². The summed E-state index contributed by atoms with van der Waals surface area (Å²) in [5.74, 6) is -1.31. The van der Waals surface area contributed by atoms with Gasteiger partial charge < -0.3 is 10.1 Å². The van der Waals surface area contributed by atoms with Crippen molar-refractivity contribution >= 4 is 29.2 Å². The number of nitrogens with zero attached hydrogens (tertiary/aromatic N) is 2. The predicted molar refractivity (Wildman–Crippen MR) is 83.9 cm³/mol. The number of nitriles is 1. The maximum atomic E-state index is 12.1. The third kappa shape index (κ3) is 4.28. The molecular weight excluding hydrogens is 318 g/mol. The first-order valence-corrected chi connectivity index (χ1v) is 7.01. The van der Waals surface area contributed by atoms with Gasteiger partial charge in [-0.15, -0.1) is 0 Å². The highest BCUT2D eigenvalue weighted by molar-refractivity contribution is 6.30. The molecule has 1 atom stereocenters. The van der Waals surface area contributed by atoms with Gasteiger partial charge in [0.2, 0.25) is 0 Å². The Morgan fingerprint density at radius 2 is 2.09 bits per heavy atom. The number of rotatable bonds is 4. The molecule has 1 N–H and O–H groups in total. The molecule has 6 nitrogen and oxygen atoms in total. The van der Waals surface area contributed by atoms with Crippen LogP contribution in [0.5, 0.6) is 0 Å². The second-order valence-electron chi connectivity index (χ2n) is 4.55. The number of amides is 1. The molecule has 2 rings (SSSR count). The summed E-state index contributed by atoms with van der Waals surface area (Å²) >= 11 is 5.77. The van der Waals surface area contributed by atoms with Gasteiger partial charge in [-0.25, -0.2) is 9.78 Å². The summed E-state index contributed by atoms with van der Waals surface area (Å²) in [6.45, 7) is 1.42. The Morgan fingerprint density at radius 1 is 1.35 bits per heavy atom. The Balaban J connectivity index is 2.03. The van der Waals surface area contributed by atoms with Gasteiger partial charge in [-0.2, -0.15) is 5.26 Å². The topological polar surface area (TPSA) is 92.1 Å². The summed E-state index contributed by atoms with van der Waals surface area (Å²) in [4.78, 5) is 27.8. The summed E-state index contributed by atoms with van der Waals surface area (Å²) in [5.41, 5.74) is 0.675. The van der Waals surface area contributed by atoms with E-state index in [0.29, 0.717) is 16.3 Å². The zero-order valence-electron chi connectivity index (χ0n) is 12.1. The lowest BCUT2D eigenvalue weighted by Crippen LogP contribution is -2.30.